The fraction of sp³-hybridized carbons (Fsp3) is 0.619. The molecule has 6 nitrogen and oxygen atoms in total. The van der Waals surface area contributed by atoms with Crippen molar-refractivity contribution in [3.05, 3.63) is 30.1 Å². The molecule has 1 atom stereocenters. The monoisotopic (exact) mass is 394 g/mol. The highest BCUT2D eigenvalue weighted by molar-refractivity contribution is 5.91. The topological polar surface area (TPSA) is 67.1 Å². The first-order valence-corrected chi connectivity index (χ1v) is 10.3. The Kier molecular flexibility index (Phi) is 8.86. The van der Waals surface area contributed by atoms with E-state index in [1.807, 2.05) is 0 Å². The molecule has 0 aliphatic carbocycles. The van der Waals surface area contributed by atoms with E-state index in [0.717, 1.165) is 39.0 Å². The molecule has 4 N–H and O–H groups in total. The zero-order valence-electron chi connectivity index (χ0n) is 17.3. The van der Waals surface area contributed by atoms with Gasteiger partial charge in [-0.25, -0.2) is 4.39 Å². The predicted octanol–water partition coefficient (Wildman–Crippen LogP) is -0.511. The molecule has 0 bridgehead atoms. The van der Waals surface area contributed by atoms with Gasteiger partial charge in [-0.1, -0.05) is 13.8 Å². The number of carbonyl (C=O) groups excluding carboxylic acids is 2. The van der Waals surface area contributed by atoms with Crippen LogP contribution in [0, 0.1) is 11.7 Å². The van der Waals surface area contributed by atoms with E-state index in [-0.39, 0.29) is 23.7 Å². The van der Waals surface area contributed by atoms with Gasteiger partial charge in [-0.3, -0.25) is 9.59 Å². The third kappa shape index (κ3) is 8.35. The fourth-order valence-electron chi connectivity index (χ4n) is 3.48. The van der Waals surface area contributed by atoms with Gasteiger partial charge in [0.2, 0.25) is 0 Å². The first kappa shape index (κ1) is 22.3. The predicted molar refractivity (Wildman–Crippen MR) is 108 cm³/mol. The van der Waals surface area contributed by atoms with Gasteiger partial charge in [-0.05, 0) is 49.9 Å². The molecule has 1 aromatic carbocycles. The van der Waals surface area contributed by atoms with Crippen molar-refractivity contribution in [3.63, 3.8) is 0 Å². The highest BCUT2D eigenvalue weighted by Crippen LogP contribution is 2.07. The van der Waals surface area contributed by atoms with Crippen LogP contribution in [0.4, 0.5) is 10.1 Å². The Morgan fingerprint density at radius 1 is 0.929 bits per heavy atom. The number of amides is 2. The van der Waals surface area contributed by atoms with E-state index in [9.17, 15) is 14.0 Å². The smallest absolute Gasteiger partial charge is 0.279 e. The number of nitrogens with one attached hydrogen (secondary N) is 4. The van der Waals surface area contributed by atoms with Crippen molar-refractivity contribution in [2.24, 2.45) is 5.92 Å². The van der Waals surface area contributed by atoms with Gasteiger partial charge in [0, 0.05) is 11.7 Å². The van der Waals surface area contributed by atoms with E-state index < -0.39 is 0 Å². The third-order valence-corrected chi connectivity index (χ3v) is 5.20. The summed E-state index contributed by atoms with van der Waals surface area (Å²) in [5.74, 6) is 0.382. The molecule has 1 aromatic rings. The Labute approximate surface area is 167 Å². The van der Waals surface area contributed by atoms with E-state index in [0.29, 0.717) is 24.7 Å². The van der Waals surface area contributed by atoms with Crippen LogP contribution in [0.1, 0.15) is 33.6 Å². The zero-order chi connectivity index (χ0) is 20.5. The molecule has 28 heavy (non-hydrogen) atoms. The number of piperazine rings is 1. The normalized spacial score (nSPS) is 20.6. The number of anilines is 1. The van der Waals surface area contributed by atoms with E-state index in [1.165, 1.54) is 21.9 Å². The summed E-state index contributed by atoms with van der Waals surface area (Å²) in [6, 6.07) is 6.01. The SMILES string of the molecule is CC(C)CC[C@@H](C)NC(=O)C[NH+]1CC[NH+](CC(=O)Nc2ccc(F)cc2)CC1. The maximum absolute atomic E-state index is 12.9. The lowest BCUT2D eigenvalue weighted by Gasteiger charge is -2.29. The minimum atomic E-state index is -0.318. The highest BCUT2D eigenvalue weighted by atomic mass is 19.1. The summed E-state index contributed by atoms with van der Waals surface area (Å²) in [5.41, 5.74) is 0.610. The minimum Gasteiger partial charge on any atom is -0.349 e. The maximum atomic E-state index is 12.9. The van der Waals surface area contributed by atoms with E-state index in [2.05, 4.69) is 31.4 Å². The van der Waals surface area contributed by atoms with Crippen LogP contribution in [0.2, 0.25) is 0 Å². The highest BCUT2D eigenvalue weighted by Gasteiger charge is 2.26. The van der Waals surface area contributed by atoms with Gasteiger partial charge in [-0.2, -0.15) is 0 Å². The fourth-order valence-corrected chi connectivity index (χ4v) is 3.48. The number of hydrogen-bond acceptors (Lipinski definition) is 2. The molecule has 0 spiro atoms. The van der Waals surface area contributed by atoms with Gasteiger partial charge in [-0.15, -0.1) is 0 Å². The van der Waals surface area contributed by atoms with E-state index >= 15 is 0 Å². The quantitative estimate of drug-likeness (QED) is 0.456. The van der Waals surface area contributed by atoms with Crippen LogP contribution in [-0.4, -0.2) is 57.1 Å². The number of hydrogen-bond donors (Lipinski definition) is 4. The molecule has 0 unspecified atom stereocenters. The van der Waals surface area contributed by atoms with Gasteiger partial charge in [0.05, 0.1) is 0 Å². The van der Waals surface area contributed by atoms with Crippen molar-refractivity contribution in [2.75, 3.05) is 44.6 Å². The summed E-state index contributed by atoms with van der Waals surface area (Å²) in [4.78, 5) is 26.9. The van der Waals surface area contributed by atoms with Crippen molar-refractivity contribution >= 4 is 17.5 Å². The number of rotatable bonds is 9. The Balaban J connectivity index is 1.64. The van der Waals surface area contributed by atoms with Crippen LogP contribution in [-0.2, 0) is 9.59 Å². The minimum absolute atomic E-state index is 0.0678. The molecule has 2 rings (SSSR count). The molecule has 1 aliphatic rings. The lowest BCUT2D eigenvalue weighted by Crippen LogP contribution is -3.28. The van der Waals surface area contributed by atoms with Gasteiger partial charge in [0.15, 0.2) is 13.1 Å². The van der Waals surface area contributed by atoms with Crippen LogP contribution in [0.15, 0.2) is 24.3 Å². The summed E-state index contributed by atoms with van der Waals surface area (Å²) < 4.78 is 12.9. The Bertz CT molecular complexity index is 628. The summed E-state index contributed by atoms with van der Waals surface area (Å²) in [6.07, 6.45) is 2.14. The molecule has 1 aliphatic heterocycles. The van der Waals surface area contributed by atoms with Gasteiger partial charge < -0.3 is 20.4 Å². The molecule has 7 heteroatoms. The molecular formula is C21H35FN4O2+2. The second-order valence-electron chi connectivity index (χ2n) is 8.35. The van der Waals surface area contributed by atoms with E-state index in [4.69, 9.17) is 0 Å². The molecule has 0 aromatic heterocycles. The average molecular weight is 395 g/mol. The molecule has 156 valence electrons. The molecule has 1 heterocycles. The van der Waals surface area contributed by atoms with Gasteiger partial charge in [0.25, 0.3) is 11.8 Å². The lowest BCUT2D eigenvalue weighted by molar-refractivity contribution is -1.00. The third-order valence-electron chi connectivity index (χ3n) is 5.20. The van der Waals surface area contributed by atoms with Crippen LogP contribution in [0.3, 0.4) is 0 Å². The summed E-state index contributed by atoms with van der Waals surface area (Å²) >= 11 is 0. The van der Waals surface area contributed by atoms with Crippen molar-refractivity contribution < 1.29 is 23.8 Å². The van der Waals surface area contributed by atoms with Gasteiger partial charge in [0.1, 0.15) is 32.0 Å². The Morgan fingerprint density at radius 2 is 1.46 bits per heavy atom. The molecule has 1 saturated heterocycles. The van der Waals surface area contributed by atoms with Crippen LogP contribution in [0.25, 0.3) is 0 Å². The van der Waals surface area contributed by atoms with Crippen molar-refractivity contribution in [3.8, 4) is 0 Å². The number of benzene rings is 1. The van der Waals surface area contributed by atoms with Gasteiger partial charge >= 0.3 is 0 Å². The van der Waals surface area contributed by atoms with Crippen molar-refractivity contribution in [1.82, 2.24) is 5.32 Å². The standard InChI is InChI=1S/C21H33FN4O2/c1-16(2)4-5-17(3)23-20(27)14-25-10-12-26(13-11-25)15-21(28)24-19-8-6-18(22)7-9-19/h6-9,16-17H,4-5,10-15H2,1-3H3,(H,23,27)(H,24,28)/p+2/t17-/m1/s1. The molecule has 0 radical (unpaired) electrons. The number of halogens is 1. The largest absolute Gasteiger partial charge is 0.349 e. The second kappa shape index (κ2) is 11.1. The Morgan fingerprint density at radius 3 is 2.00 bits per heavy atom. The van der Waals surface area contributed by atoms with E-state index in [1.54, 1.807) is 12.1 Å². The lowest BCUT2D eigenvalue weighted by atomic mass is 10.0. The molecule has 0 saturated carbocycles. The number of carbonyl (C=O) groups is 2. The first-order valence-electron chi connectivity index (χ1n) is 10.3. The molecule has 1 fully saturated rings. The Hall–Kier alpha value is -1.99. The summed E-state index contributed by atoms with van der Waals surface area (Å²) in [5, 5.41) is 5.90. The summed E-state index contributed by atoms with van der Waals surface area (Å²) in [7, 11) is 0. The zero-order valence-corrected chi connectivity index (χ0v) is 17.3. The summed E-state index contributed by atoms with van der Waals surface area (Å²) in [6.45, 7) is 10.8. The van der Waals surface area contributed by atoms with Crippen LogP contribution in [0.5, 0.6) is 0 Å². The van der Waals surface area contributed by atoms with Crippen LogP contribution >= 0.6 is 0 Å². The van der Waals surface area contributed by atoms with Crippen LogP contribution < -0.4 is 20.4 Å². The van der Waals surface area contributed by atoms with Crippen molar-refractivity contribution in [1.29, 1.82) is 0 Å². The van der Waals surface area contributed by atoms with Crippen molar-refractivity contribution in [2.45, 2.75) is 39.7 Å². The molecule has 2 amide bonds. The first-order chi connectivity index (χ1) is 13.3. The second-order valence-corrected chi connectivity index (χ2v) is 8.35. The number of quaternary nitrogens is 2. The maximum Gasteiger partial charge on any atom is 0.279 e. The molecular weight excluding hydrogens is 359 g/mol. The average Bonchev–Trinajstić information content (AvgIpc) is 2.63.